The highest BCUT2D eigenvalue weighted by Crippen LogP contribution is 2.37. The molecule has 1 unspecified atom stereocenters. The summed E-state index contributed by atoms with van der Waals surface area (Å²) in [5.41, 5.74) is 3.00. The van der Waals surface area contributed by atoms with Crippen LogP contribution in [0.3, 0.4) is 0 Å². The predicted molar refractivity (Wildman–Crippen MR) is 124 cm³/mol. The Balaban J connectivity index is 1.70. The minimum atomic E-state index is -4.41. The molecule has 0 saturated heterocycles. The van der Waals surface area contributed by atoms with Crippen molar-refractivity contribution in [2.24, 2.45) is 0 Å². The lowest BCUT2D eigenvalue weighted by atomic mass is 9.91. The van der Waals surface area contributed by atoms with Crippen molar-refractivity contribution in [2.45, 2.75) is 38.3 Å². The second-order valence-corrected chi connectivity index (χ2v) is 7.75. The summed E-state index contributed by atoms with van der Waals surface area (Å²) in [5, 5.41) is 0. The van der Waals surface area contributed by atoms with Gasteiger partial charge >= 0.3 is 6.18 Å². The van der Waals surface area contributed by atoms with Gasteiger partial charge in [0.2, 0.25) is 0 Å². The quantitative estimate of drug-likeness (QED) is 0.188. The largest absolute Gasteiger partial charge is 0.396 e. The van der Waals surface area contributed by atoms with Crippen molar-refractivity contribution in [3.8, 4) is 0 Å². The Morgan fingerprint density at radius 1 is 0.844 bits per heavy atom. The normalized spacial score (nSPS) is 13.2. The van der Waals surface area contributed by atoms with Gasteiger partial charge in [-0.25, -0.2) is 4.39 Å². The van der Waals surface area contributed by atoms with Crippen LogP contribution in [0, 0.1) is 5.82 Å². The van der Waals surface area contributed by atoms with Crippen LogP contribution in [0.15, 0.2) is 84.9 Å². The molecule has 0 saturated carbocycles. The van der Waals surface area contributed by atoms with Crippen LogP contribution in [0.25, 0.3) is 12.2 Å². The fourth-order valence-corrected chi connectivity index (χ4v) is 3.57. The highest BCUT2D eigenvalue weighted by atomic mass is 19.4. The highest BCUT2D eigenvalue weighted by molar-refractivity contribution is 5.70. The van der Waals surface area contributed by atoms with Crippen LogP contribution in [-0.2, 0) is 12.8 Å². The molecule has 166 valence electrons. The lowest BCUT2D eigenvalue weighted by Crippen LogP contribution is -2.23. The summed E-state index contributed by atoms with van der Waals surface area (Å²) in [4.78, 5) is 0. The van der Waals surface area contributed by atoms with Crippen LogP contribution in [-0.4, -0.2) is 6.18 Å². The first kappa shape index (κ1) is 23.5. The maximum Gasteiger partial charge on any atom is 0.396 e. The van der Waals surface area contributed by atoms with Crippen LogP contribution in [0.5, 0.6) is 0 Å². The number of aryl methyl sites for hydroxylation is 1. The number of alkyl halides is 3. The number of hydrogen-bond donors (Lipinski definition) is 0. The van der Waals surface area contributed by atoms with E-state index in [0.29, 0.717) is 11.1 Å². The lowest BCUT2D eigenvalue weighted by Gasteiger charge is -2.21. The number of hydrogen-bond acceptors (Lipinski definition) is 0. The monoisotopic (exact) mass is 438 g/mol. The topological polar surface area (TPSA) is 0 Å². The molecule has 4 heteroatoms. The first-order valence-electron chi connectivity index (χ1n) is 10.6. The van der Waals surface area contributed by atoms with Crippen molar-refractivity contribution in [2.75, 3.05) is 0 Å². The maximum atomic E-state index is 14.6. The van der Waals surface area contributed by atoms with Gasteiger partial charge in [0, 0.05) is 5.56 Å². The minimum absolute atomic E-state index is 0.179. The summed E-state index contributed by atoms with van der Waals surface area (Å²) in [6, 6.07) is 20.1. The maximum absolute atomic E-state index is 14.6. The third kappa shape index (κ3) is 6.68. The summed E-state index contributed by atoms with van der Waals surface area (Å²) < 4.78 is 55.4. The average Bonchev–Trinajstić information content (AvgIpc) is 2.78. The van der Waals surface area contributed by atoms with Gasteiger partial charge in [-0.1, -0.05) is 91.0 Å². The predicted octanol–water partition coefficient (Wildman–Crippen LogP) is 8.39. The molecule has 0 heterocycles. The molecule has 0 aliphatic heterocycles. The smallest absolute Gasteiger partial charge is 0.206 e. The van der Waals surface area contributed by atoms with E-state index in [1.807, 2.05) is 37.3 Å². The molecular formula is C28H26F4. The van der Waals surface area contributed by atoms with E-state index >= 15 is 0 Å². The number of halogens is 4. The lowest BCUT2D eigenvalue weighted by molar-refractivity contribution is -0.150. The molecule has 0 N–H and O–H groups in total. The minimum Gasteiger partial charge on any atom is -0.206 e. The molecule has 0 bridgehead atoms. The standard InChI is InChI=1S/C28H26F4/c1-2-3-5-8-21-11-13-22(14-12-21)15-17-25-18-16-23(20-27(25)29)19-26(28(30,31)32)24-9-6-4-7-10-24/h2-4,6-7,9-18,20,26H,5,8,19H2,1H3/b3-2+,17-15+. The van der Waals surface area contributed by atoms with E-state index in [-0.39, 0.29) is 12.0 Å². The van der Waals surface area contributed by atoms with Crippen LogP contribution >= 0.6 is 0 Å². The second-order valence-electron chi connectivity index (χ2n) is 7.75. The van der Waals surface area contributed by atoms with E-state index in [1.54, 1.807) is 36.4 Å². The molecule has 3 rings (SSSR count). The molecule has 0 fully saturated rings. The van der Waals surface area contributed by atoms with E-state index in [2.05, 4.69) is 6.08 Å². The van der Waals surface area contributed by atoms with Gasteiger partial charge in [-0.05, 0) is 54.5 Å². The summed E-state index contributed by atoms with van der Waals surface area (Å²) >= 11 is 0. The Labute approximate surface area is 186 Å². The molecule has 0 spiro atoms. The van der Waals surface area contributed by atoms with Crippen LogP contribution in [0.4, 0.5) is 17.6 Å². The third-order valence-corrected chi connectivity index (χ3v) is 5.37. The van der Waals surface area contributed by atoms with Crippen molar-refractivity contribution in [3.05, 3.63) is 119 Å². The van der Waals surface area contributed by atoms with Gasteiger partial charge in [0.05, 0.1) is 5.92 Å². The van der Waals surface area contributed by atoms with Crippen LogP contribution in [0.2, 0.25) is 0 Å². The van der Waals surface area contributed by atoms with Crippen molar-refractivity contribution < 1.29 is 17.6 Å². The summed E-state index contributed by atoms with van der Waals surface area (Å²) in [6.07, 6.45) is 4.84. The van der Waals surface area contributed by atoms with Crippen molar-refractivity contribution >= 4 is 12.2 Å². The third-order valence-electron chi connectivity index (χ3n) is 5.37. The number of benzene rings is 3. The van der Waals surface area contributed by atoms with Crippen LogP contribution in [0.1, 0.15) is 47.1 Å². The Bertz CT molecular complexity index is 1050. The highest BCUT2D eigenvalue weighted by Gasteiger charge is 2.40. The zero-order chi connectivity index (χ0) is 23.0. The molecule has 0 radical (unpaired) electrons. The molecule has 3 aromatic carbocycles. The Kier molecular flexibility index (Phi) is 8.04. The van der Waals surface area contributed by atoms with Gasteiger partial charge < -0.3 is 0 Å². The molecule has 0 amide bonds. The first-order valence-corrected chi connectivity index (χ1v) is 10.6. The van der Waals surface area contributed by atoms with Gasteiger partial charge in [-0.2, -0.15) is 13.2 Å². The second kappa shape index (κ2) is 10.9. The fourth-order valence-electron chi connectivity index (χ4n) is 3.57. The number of rotatable bonds is 8. The van der Waals surface area contributed by atoms with E-state index in [9.17, 15) is 17.6 Å². The SMILES string of the molecule is C/C=C/CCc1ccc(/C=C/c2ccc(CC(c3ccccc3)C(F)(F)F)cc2F)cc1. The van der Waals surface area contributed by atoms with Gasteiger partial charge in [-0.3, -0.25) is 0 Å². The van der Waals surface area contributed by atoms with Crippen LogP contribution < -0.4 is 0 Å². The van der Waals surface area contributed by atoms with Crippen molar-refractivity contribution in [1.82, 2.24) is 0 Å². The van der Waals surface area contributed by atoms with Crippen molar-refractivity contribution in [1.29, 1.82) is 0 Å². The molecule has 0 aliphatic carbocycles. The van der Waals surface area contributed by atoms with Gasteiger partial charge in [0.1, 0.15) is 5.82 Å². The Morgan fingerprint density at radius 3 is 2.16 bits per heavy atom. The Hall–Kier alpha value is -3.14. The van der Waals surface area contributed by atoms with Gasteiger partial charge in [0.25, 0.3) is 0 Å². The number of allylic oxidation sites excluding steroid dienone is 2. The molecule has 3 aromatic rings. The summed E-state index contributed by atoms with van der Waals surface area (Å²) in [5.74, 6) is -2.20. The van der Waals surface area contributed by atoms with E-state index < -0.39 is 17.9 Å². The molecule has 0 nitrogen and oxygen atoms in total. The average molecular weight is 439 g/mol. The summed E-state index contributed by atoms with van der Waals surface area (Å²) in [7, 11) is 0. The summed E-state index contributed by atoms with van der Waals surface area (Å²) in [6.45, 7) is 2.00. The molecule has 32 heavy (non-hydrogen) atoms. The zero-order valence-corrected chi connectivity index (χ0v) is 17.9. The van der Waals surface area contributed by atoms with E-state index in [0.717, 1.165) is 18.4 Å². The van der Waals surface area contributed by atoms with Crippen molar-refractivity contribution in [3.63, 3.8) is 0 Å². The van der Waals surface area contributed by atoms with Gasteiger partial charge in [0.15, 0.2) is 0 Å². The van der Waals surface area contributed by atoms with Gasteiger partial charge in [-0.15, -0.1) is 0 Å². The van der Waals surface area contributed by atoms with E-state index in [1.165, 1.54) is 29.8 Å². The Morgan fingerprint density at radius 2 is 1.53 bits per heavy atom. The molecule has 1 atom stereocenters. The van der Waals surface area contributed by atoms with E-state index in [4.69, 9.17) is 0 Å². The first-order chi connectivity index (χ1) is 15.4. The zero-order valence-electron chi connectivity index (χ0n) is 17.9. The molecular weight excluding hydrogens is 412 g/mol. The molecule has 0 aromatic heterocycles. The fraction of sp³-hybridized carbons (Fsp3) is 0.214. The molecule has 0 aliphatic rings.